The molecule has 0 saturated heterocycles. The minimum absolute atomic E-state index is 0.0502. The molecule has 0 unspecified atom stereocenters. The van der Waals surface area contributed by atoms with Gasteiger partial charge in [-0.3, -0.25) is 0 Å². The maximum Gasteiger partial charge on any atom is 0.274 e. The zero-order chi connectivity index (χ0) is 12.3. The first-order valence-electron chi connectivity index (χ1n) is 4.63. The zero-order valence-corrected chi connectivity index (χ0v) is 10.8. The van der Waals surface area contributed by atoms with Gasteiger partial charge >= 0.3 is 0 Å². The molecule has 0 aliphatic heterocycles. The van der Waals surface area contributed by atoms with E-state index < -0.39 is 6.43 Å². The van der Waals surface area contributed by atoms with Gasteiger partial charge in [0.05, 0.1) is 4.88 Å². The lowest BCUT2D eigenvalue weighted by molar-refractivity contribution is 0.155. The molecule has 3 nitrogen and oxygen atoms in total. The van der Waals surface area contributed by atoms with Crippen LogP contribution in [-0.2, 0) is 6.61 Å². The summed E-state index contributed by atoms with van der Waals surface area (Å²) in [6.07, 6.45) is -1.31. The maximum atomic E-state index is 12.3. The Hall–Kier alpha value is -1.08. The van der Waals surface area contributed by atoms with Gasteiger partial charge in [-0.05, 0) is 22.0 Å². The van der Waals surface area contributed by atoms with Gasteiger partial charge in [0.25, 0.3) is 6.43 Å². The number of hydrogen-bond acceptors (Lipinski definition) is 4. The summed E-state index contributed by atoms with van der Waals surface area (Å²) in [6, 6.07) is 5.23. The van der Waals surface area contributed by atoms with Crippen molar-refractivity contribution in [1.29, 1.82) is 0 Å². The highest BCUT2D eigenvalue weighted by atomic mass is 79.9. The quantitative estimate of drug-likeness (QED) is 0.803. The van der Waals surface area contributed by atoms with Crippen molar-refractivity contribution in [3.8, 4) is 5.88 Å². The number of aromatic nitrogens is 2. The van der Waals surface area contributed by atoms with Crippen molar-refractivity contribution in [1.82, 2.24) is 9.97 Å². The van der Waals surface area contributed by atoms with E-state index in [9.17, 15) is 8.78 Å². The monoisotopic (exact) mass is 320 g/mol. The van der Waals surface area contributed by atoms with E-state index in [2.05, 4.69) is 25.9 Å². The molecule has 90 valence electrons. The third-order valence-corrected chi connectivity index (χ3v) is 3.24. The molecule has 0 bridgehead atoms. The fraction of sp³-hybridized carbons (Fsp3) is 0.200. The van der Waals surface area contributed by atoms with Crippen LogP contribution in [0.3, 0.4) is 0 Å². The van der Waals surface area contributed by atoms with Crippen molar-refractivity contribution in [2.45, 2.75) is 13.0 Å². The lowest BCUT2D eigenvalue weighted by Crippen LogP contribution is -1.96. The number of pyridine rings is 1. The molecule has 0 atom stereocenters. The summed E-state index contributed by atoms with van der Waals surface area (Å²) in [5.41, 5.74) is 0. The molecule has 17 heavy (non-hydrogen) atoms. The number of thiazole rings is 1. The topological polar surface area (TPSA) is 35.0 Å². The predicted octanol–water partition coefficient (Wildman–Crippen LogP) is 3.82. The third-order valence-electron chi connectivity index (χ3n) is 1.82. The van der Waals surface area contributed by atoms with Crippen LogP contribution in [0.1, 0.15) is 16.3 Å². The van der Waals surface area contributed by atoms with Gasteiger partial charge in [-0.1, -0.05) is 6.07 Å². The fourth-order valence-corrected chi connectivity index (χ4v) is 2.11. The first-order valence-corrected chi connectivity index (χ1v) is 6.24. The molecule has 0 aromatic carbocycles. The third kappa shape index (κ3) is 3.44. The first-order chi connectivity index (χ1) is 8.15. The maximum absolute atomic E-state index is 12.3. The molecular formula is C10H7BrF2N2OS. The first kappa shape index (κ1) is 12.4. The highest BCUT2D eigenvalue weighted by Gasteiger charge is 2.11. The Bertz CT molecular complexity index is 507. The van der Waals surface area contributed by atoms with E-state index in [0.717, 1.165) is 11.3 Å². The van der Waals surface area contributed by atoms with Crippen LogP contribution in [0.5, 0.6) is 5.88 Å². The van der Waals surface area contributed by atoms with Crippen LogP contribution in [-0.4, -0.2) is 9.97 Å². The van der Waals surface area contributed by atoms with Gasteiger partial charge < -0.3 is 4.74 Å². The smallest absolute Gasteiger partial charge is 0.274 e. The summed E-state index contributed by atoms with van der Waals surface area (Å²) in [5.74, 6) is 0.424. The second-order valence-electron chi connectivity index (χ2n) is 3.04. The summed E-state index contributed by atoms with van der Waals surface area (Å²) in [7, 11) is 0. The van der Waals surface area contributed by atoms with Gasteiger partial charge in [0.15, 0.2) is 0 Å². The van der Waals surface area contributed by atoms with E-state index in [1.165, 1.54) is 6.20 Å². The zero-order valence-electron chi connectivity index (χ0n) is 8.44. The Morgan fingerprint density at radius 2 is 2.24 bits per heavy atom. The second kappa shape index (κ2) is 5.50. The van der Waals surface area contributed by atoms with Gasteiger partial charge in [-0.25, -0.2) is 18.7 Å². The molecule has 0 aliphatic carbocycles. The van der Waals surface area contributed by atoms with Crippen molar-refractivity contribution in [3.05, 3.63) is 38.9 Å². The van der Waals surface area contributed by atoms with E-state index >= 15 is 0 Å². The summed E-state index contributed by atoms with van der Waals surface area (Å²) in [5, 5.41) is 0.502. The minimum atomic E-state index is -2.48. The number of hydrogen-bond donors (Lipinski definition) is 0. The highest BCUT2D eigenvalue weighted by Crippen LogP contribution is 2.25. The molecule has 7 heteroatoms. The molecule has 2 rings (SSSR count). The van der Waals surface area contributed by atoms with Gasteiger partial charge in [-0.15, -0.1) is 11.3 Å². The van der Waals surface area contributed by atoms with Gasteiger partial charge in [0, 0.05) is 12.3 Å². The fourth-order valence-electron chi connectivity index (χ4n) is 1.10. The van der Waals surface area contributed by atoms with Crippen LogP contribution in [0.4, 0.5) is 8.78 Å². The molecule has 2 aromatic rings. The number of alkyl halides is 2. The summed E-state index contributed by atoms with van der Waals surface area (Å²) in [6.45, 7) is 0.140. The Labute approximate surface area is 109 Å². The Morgan fingerprint density at radius 3 is 2.88 bits per heavy atom. The summed E-state index contributed by atoms with van der Waals surface area (Å²) < 4.78 is 30.6. The van der Waals surface area contributed by atoms with Crippen LogP contribution in [0.15, 0.2) is 29.0 Å². The Balaban J connectivity index is 1.97. The molecule has 2 heterocycles. The van der Waals surface area contributed by atoms with Gasteiger partial charge in [-0.2, -0.15) is 0 Å². The lowest BCUT2D eigenvalue weighted by Gasteiger charge is -2.02. The number of ether oxygens (including phenoxy) is 1. The molecule has 0 spiro atoms. The van der Waals surface area contributed by atoms with Crippen molar-refractivity contribution in [2.24, 2.45) is 0 Å². The highest BCUT2D eigenvalue weighted by molar-refractivity contribution is 9.10. The van der Waals surface area contributed by atoms with Crippen LogP contribution >= 0.6 is 27.3 Å². The van der Waals surface area contributed by atoms with E-state index in [-0.39, 0.29) is 11.5 Å². The molecule has 0 aliphatic rings. The molecule has 0 radical (unpaired) electrons. The number of rotatable bonds is 4. The standard InChI is InChI=1S/C10H7BrF2N2OS/c11-7-2-1-3-8(15-7)16-5-9-14-4-6(17-9)10(12)13/h1-4,10H,5H2. The molecule has 0 saturated carbocycles. The van der Waals surface area contributed by atoms with Crippen LogP contribution in [0, 0.1) is 0 Å². The van der Waals surface area contributed by atoms with Crippen LogP contribution in [0.25, 0.3) is 0 Å². The van der Waals surface area contributed by atoms with Crippen LogP contribution in [0.2, 0.25) is 0 Å². The van der Waals surface area contributed by atoms with Crippen molar-refractivity contribution in [2.75, 3.05) is 0 Å². The normalized spacial score (nSPS) is 10.8. The summed E-state index contributed by atoms with van der Waals surface area (Å²) in [4.78, 5) is 7.85. The lowest BCUT2D eigenvalue weighted by atomic mass is 10.5. The van der Waals surface area contributed by atoms with E-state index in [1.54, 1.807) is 18.2 Å². The number of nitrogens with zero attached hydrogens (tertiary/aromatic N) is 2. The van der Waals surface area contributed by atoms with Gasteiger partial charge in [0.1, 0.15) is 16.2 Å². The van der Waals surface area contributed by atoms with E-state index in [4.69, 9.17) is 4.74 Å². The van der Waals surface area contributed by atoms with E-state index in [0.29, 0.717) is 15.5 Å². The molecular weight excluding hydrogens is 314 g/mol. The average molecular weight is 321 g/mol. The summed E-state index contributed by atoms with van der Waals surface area (Å²) >= 11 is 4.15. The molecule has 0 amide bonds. The molecule has 0 fully saturated rings. The number of halogens is 3. The van der Waals surface area contributed by atoms with Crippen molar-refractivity contribution in [3.63, 3.8) is 0 Å². The largest absolute Gasteiger partial charge is 0.470 e. The van der Waals surface area contributed by atoms with Gasteiger partial charge in [0.2, 0.25) is 5.88 Å². The molecule has 0 N–H and O–H groups in total. The average Bonchev–Trinajstić information content (AvgIpc) is 2.75. The SMILES string of the molecule is FC(F)c1cnc(COc2cccc(Br)n2)s1. The van der Waals surface area contributed by atoms with E-state index in [1.807, 2.05) is 0 Å². The van der Waals surface area contributed by atoms with Crippen molar-refractivity contribution < 1.29 is 13.5 Å². The van der Waals surface area contributed by atoms with Crippen molar-refractivity contribution >= 4 is 27.3 Å². The minimum Gasteiger partial charge on any atom is -0.470 e. The Morgan fingerprint density at radius 1 is 1.41 bits per heavy atom. The van der Waals surface area contributed by atoms with Crippen LogP contribution < -0.4 is 4.74 Å². The Kier molecular flexibility index (Phi) is 4.01. The molecule has 2 aromatic heterocycles. The second-order valence-corrected chi connectivity index (χ2v) is 5.00. The predicted molar refractivity (Wildman–Crippen MR) is 63.3 cm³/mol.